The summed E-state index contributed by atoms with van der Waals surface area (Å²) in [4.78, 5) is 34.8. The molecule has 0 saturated carbocycles. The normalized spacial score (nSPS) is 18.0. The van der Waals surface area contributed by atoms with Crippen LogP contribution in [0.3, 0.4) is 0 Å². The van der Waals surface area contributed by atoms with Crippen molar-refractivity contribution in [3.05, 3.63) is 28.3 Å². The topological polar surface area (TPSA) is 107 Å². The molecule has 1 heterocycles. The van der Waals surface area contributed by atoms with Crippen molar-refractivity contribution in [1.29, 1.82) is 0 Å². The third kappa shape index (κ3) is 3.52. The van der Waals surface area contributed by atoms with Crippen LogP contribution in [0.2, 0.25) is 0 Å². The molecule has 0 aliphatic carbocycles. The number of carbonyl (C=O) groups is 2. The summed E-state index contributed by atoms with van der Waals surface area (Å²) in [5, 5.41) is 10.9. The Morgan fingerprint density at radius 2 is 2.29 bits per heavy atom. The average Bonchev–Trinajstić information content (AvgIpc) is 2.78. The maximum atomic E-state index is 12.0. The van der Waals surface area contributed by atoms with E-state index in [4.69, 9.17) is 5.73 Å². The van der Waals surface area contributed by atoms with E-state index in [1.54, 1.807) is 6.07 Å². The molecule has 1 aliphatic heterocycles. The number of thioether (sulfide) groups is 1. The van der Waals surface area contributed by atoms with Crippen LogP contribution in [0, 0.1) is 16.0 Å². The van der Waals surface area contributed by atoms with Gasteiger partial charge in [-0.1, -0.05) is 11.8 Å². The zero-order valence-corrected chi connectivity index (χ0v) is 12.3. The van der Waals surface area contributed by atoms with Crippen LogP contribution in [0.5, 0.6) is 0 Å². The SMILES string of the molecule is CC(=O)SCC1CC(=O)N(c2ccc(N)c([N+](=O)[O-])c2)C1. The first kappa shape index (κ1) is 15.3. The van der Waals surface area contributed by atoms with Crippen molar-refractivity contribution in [1.82, 2.24) is 0 Å². The number of hydrogen-bond donors (Lipinski definition) is 1. The van der Waals surface area contributed by atoms with Gasteiger partial charge < -0.3 is 10.6 Å². The molecule has 7 nitrogen and oxygen atoms in total. The molecule has 1 fully saturated rings. The van der Waals surface area contributed by atoms with Crippen LogP contribution in [-0.2, 0) is 9.59 Å². The van der Waals surface area contributed by atoms with Crippen molar-refractivity contribution >= 4 is 39.8 Å². The zero-order valence-electron chi connectivity index (χ0n) is 11.4. The van der Waals surface area contributed by atoms with Gasteiger partial charge in [-0.2, -0.15) is 0 Å². The molecule has 0 aromatic heterocycles. The molecule has 21 heavy (non-hydrogen) atoms. The van der Waals surface area contributed by atoms with Crippen LogP contribution in [0.15, 0.2) is 18.2 Å². The van der Waals surface area contributed by atoms with Gasteiger partial charge in [0.15, 0.2) is 5.12 Å². The molecule has 1 aromatic carbocycles. The van der Waals surface area contributed by atoms with Crippen LogP contribution >= 0.6 is 11.8 Å². The van der Waals surface area contributed by atoms with Crippen LogP contribution in [0.25, 0.3) is 0 Å². The molecule has 8 heteroatoms. The predicted molar refractivity (Wildman–Crippen MR) is 81.1 cm³/mol. The zero-order chi connectivity index (χ0) is 15.6. The highest BCUT2D eigenvalue weighted by Gasteiger charge is 2.31. The van der Waals surface area contributed by atoms with E-state index in [-0.39, 0.29) is 28.3 Å². The first-order valence-electron chi connectivity index (χ1n) is 6.36. The van der Waals surface area contributed by atoms with E-state index in [1.807, 2.05) is 0 Å². The van der Waals surface area contributed by atoms with Gasteiger partial charge in [0.25, 0.3) is 5.69 Å². The Labute approximate surface area is 125 Å². The first-order valence-corrected chi connectivity index (χ1v) is 7.34. The third-order valence-corrected chi connectivity index (χ3v) is 4.29. The van der Waals surface area contributed by atoms with Gasteiger partial charge in [0.1, 0.15) is 5.69 Å². The minimum absolute atomic E-state index is 0.0176. The number of hydrogen-bond acceptors (Lipinski definition) is 6. The van der Waals surface area contributed by atoms with Crippen molar-refractivity contribution in [2.45, 2.75) is 13.3 Å². The molecule has 1 aromatic rings. The van der Waals surface area contributed by atoms with Gasteiger partial charge in [-0.25, -0.2) is 0 Å². The molecular weight excluding hydrogens is 294 g/mol. The molecule has 0 spiro atoms. The van der Waals surface area contributed by atoms with Crippen LogP contribution < -0.4 is 10.6 Å². The Morgan fingerprint density at radius 3 is 2.90 bits per heavy atom. The number of nitrogen functional groups attached to an aromatic ring is 1. The van der Waals surface area contributed by atoms with Crippen molar-refractivity contribution in [3.8, 4) is 0 Å². The number of rotatable bonds is 4. The molecule has 1 amide bonds. The molecule has 2 N–H and O–H groups in total. The summed E-state index contributed by atoms with van der Waals surface area (Å²) in [5.74, 6) is 0.556. The molecule has 1 unspecified atom stereocenters. The second-order valence-electron chi connectivity index (χ2n) is 4.88. The summed E-state index contributed by atoms with van der Waals surface area (Å²) in [7, 11) is 0. The lowest BCUT2D eigenvalue weighted by molar-refractivity contribution is -0.383. The Kier molecular flexibility index (Phi) is 4.46. The number of nitrogens with zero attached hydrogens (tertiary/aromatic N) is 2. The number of nitro groups is 1. The third-order valence-electron chi connectivity index (χ3n) is 3.25. The number of benzene rings is 1. The monoisotopic (exact) mass is 309 g/mol. The lowest BCUT2D eigenvalue weighted by atomic mass is 10.1. The fraction of sp³-hybridized carbons (Fsp3) is 0.385. The maximum Gasteiger partial charge on any atom is 0.294 e. The van der Waals surface area contributed by atoms with Gasteiger partial charge in [-0.05, 0) is 18.1 Å². The van der Waals surface area contributed by atoms with Crippen molar-refractivity contribution in [2.24, 2.45) is 5.92 Å². The van der Waals surface area contributed by atoms with Crippen molar-refractivity contribution < 1.29 is 14.5 Å². The molecule has 1 atom stereocenters. The van der Waals surface area contributed by atoms with E-state index in [0.29, 0.717) is 24.4 Å². The second-order valence-corrected chi connectivity index (χ2v) is 6.07. The van der Waals surface area contributed by atoms with Gasteiger partial charge in [-0.3, -0.25) is 19.7 Å². The second kappa shape index (κ2) is 6.13. The molecule has 1 aliphatic rings. The first-order chi connectivity index (χ1) is 9.88. The Bertz CT molecular complexity index is 605. The average molecular weight is 309 g/mol. The number of anilines is 2. The van der Waals surface area contributed by atoms with E-state index in [2.05, 4.69) is 0 Å². The molecule has 2 rings (SSSR count). The summed E-state index contributed by atoms with van der Waals surface area (Å²) >= 11 is 1.19. The van der Waals surface area contributed by atoms with E-state index in [9.17, 15) is 19.7 Å². The van der Waals surface area contributed by atoms with Gasteiger partial charge in [0.05, 0.1) is 10.6 Å². The predicted octanol–water partition coefficient (Wildman–Crippen LogP) is 1.81. The van der Waals surface area contributed by atoms with Gasteiger partial charge in [0.2, 0.25) is 5.91 Å². The Morgan fingerprint density at radius 1 is 1.57 bits per heavy atom. The Balaban J connectivity index is 2.15. The van der Waals surface area contributed by atoms with Crippen LogP contribution in [0.1, 0.15) is 13.3 Å². The minimum atomic E-state index is -0.567. The summed E-state index contributed by atoms with van der Waals surface area (Å²) in [6.07, 6.45) is 0.346. The van der Waals surface area contributed by atoms with Gasteiger partial charge in [0, 0.05) is 31.7 Å². The number of carbonyl (C=O) groups excluding carboxylic acids is 2. The number of nitro benzene ring substituents is 1. The largest absolute Gasteiger partial charge is 0.393 e. The summed E-state index contributed by atoms with van der Waals surface area (Å²) in [6, 6.07) is 4.34. The summed E-state index contributed by atoms with van der Waals surface area (Å²) < 4.78 is 0. The fourth-order valence-electron chi connectivity index (χ4n) is 2.24. The van der Waals surface area contributed by atoms with E-state index >= 15 is 0 Å². The minimum Gasteiger partial charge on any atom is -0.393 e. The molecular formula is C13H15N3O4S. The summed E-state index contributed by atoms with van der Waals surface area (Å²) in [6.45, 7) is 1.95. The van der Waals surface area contributed by atoms with E-state index in [1.165, 1.54) is 35.7 Å². The highest BCUT2D eigenvalue weighted by molar-refractivity contribution is 8.13. The Hall–Kier alpha value is -2.09. The lowest BCUT2D eigenvalue weighted by Crippen LogP contribution is -2.24. The molecule has 0 radical (unpaired) electrons. The molecule has 1 saturated heterocycles. The smallest absolute Gasteiger partial charge is 0.294 e. The number of amides is 1. The van der Waals surface area contributed by atoms with Gasteiger partial charge in [-0.15, -0.1) is 0 Å². The number of nitrogens with two attached hydrogens (primary N) is 1. The van der Waals surface area contributed by atoms with Crippen LogP contribution in [0.4, 0.5) is 17.1 Å². The quantitative estimate of drug-likeness (QED) is 0.516. The van der Waals surface area contributed by atoms with Gasteiger partial charge >= 0.3 is 0 Å². The van der Waals surface area contributed by atoms with E-state index in [0.717, 1.165) is 0 Å². The van der Waals surface area contributed by atoms with Crippen molar-refractivity contribution in [2.75, 3.05) is 22.9 Å². The fourth-order valence-corrected chi connectivity index (χ4v) is 2.93. The summed E-state index contributed by atoms with van der Waals surface area (Å²) in [5.41, 5.74) is 5.88. The van der Waals surface area contributed by atoms with Crippen LogP contribution in [-0.4, -0.2) is 28.2 Å². The maximum absolute atomic E-state index is 12.0. The van der Waals surface area contributed by atoms with Crippen molar-refractivity contribution in [3.63, 3.8) is 0 Å². The lowest BCUT2D eigenvalue weighted by Gasteiger charge is -2.16. The highest BCUT2D eigenvalue weighted by atomic mass is 32.2. The molecule has 112 valence electrons. The highest BCUT2D eigenvalue weighted by Crippen LogP contribution is 2.32. The van der Waals surface area contributed by atoms with E-state index < -0.39 is 4.92 Å². The molecule has 0 bridgehead atoms. The standard InChI is InChI=1S/C13H15N3O4S/c1-8(17)21-7-9-4-13(18)15(6-9)10-2-3-11(14)12(5-10)16(19)20/h2-3,5,9H,4,6-7,14H2,1H3.